The van der Waals surface area contributed by atoms with E-state index in [-0.39, 0.29) is 12.8 Å². The zero-order valence-electron chi connectivity index (χ0n) is 11.8. The number of piperidine rings is 1. The molecule has 21 heavy (non-hydrogen) atoms. The van der Waals surface area contributed by atoms with E-state index in [1.807, 2.05) is 24.3 Å². The summed E-state index contributed by atoms with van der Waals surface area (Å²) in [5, 5.41) is 0. The van der Waals surface area contributed by atoms with Crippen LogP contribution in [-0.2, 0) is 6.54 Å². The lowest BCUT2D eigenvalue weighted by molar-refractivity contribution is -0.185. The number of nitrogens with zero attached hydrogens (tertiary/aromatic N) is 1. The summed E-state index contributed by atoms with van der Waals surface area (Å²) < 4.78 is 38.0. The van der Waals surface area contributed by atoms with Gasteiger partial charge in [0.05, 0.1) is 12.5 Å². The highest BCUT2D eigenvalue weighted by atomic mass is 19.4. The SMILES string of the molecule is NCC#Cc1ccccc1CN1CCC(C(F)(F)F)CC1. The molecular formula is C16H19F3N2. The van der Waals surface area contributed by atoms with Crippen LogP contribution in [0.3, 0.4) is 0 Å². The van der Waals surface area contributed by atoms with Crippen molar-refractivity contribution in [2.75, 3.05) is 19.6 Å². The fraction of sp³-hybridized carbons (Fsp3) is 0.500. The van der Waals surface area contributed by atoms with Crippen LogP contribution >= 0.6 is 0 Å². The number of rotatable bonds is 2. The Kier molecular flexibility index (Phi) is 5.27. The van der Waals surface area contributed by atoms with Gasteiger partial charge in [-0.1, -0.05) is 30.0 Å². The monoisotopic (exact) mass is 296 g/mol. The molecule has 0 radical (unpaired) electrons. The lowest BCUT2D eigenvalue weighted by Crippen LogP contribution is -2.38. The molecular weight excluding hydrogens is 277 g/mol. The molecule has 0 atom stereocenters. The van der Waals surface area contributed by atoms with E-state index in [4.69, 9.17) is 5.73 Å². The Hall–Kier alpha value is -1.51. The summed E-state index contributed by atoms with van der Waals surface area (Å²) >= 11 is 0. The van der Waals surface area contributed by atoms with Gasteiger partial charge in [-0.2, -0.15) is 13.2 Å². The third-order valence-electron chi connectivity index (χ3n) is 3.79. The molecule has 1 aromatic rings. The Balaban J connectivity index is 1.98. The summed E-state index contributed by atoms with van der Waals surface area (Å²) in [5.41, 5.74) is 7.33. The summed E-state index contributed by atoms with van der Waals surface area (Å²) in [6.07, 6.45) is -3.70. The van der Waals surface area contributed by atoms with Crippen LogP contribution in [0.25, 0.3) is 0 Å². The van der Waals surface area contributed by atoms with E-state index in [2.05, 4.69) is 16.7 Å². The maximum atomic E-state index is 12.7. The van der Waals surface area contributed by atoms with Crippen LogP contribution in [0.2, 0.25) is 0 Å². The van der Waals surface area contributed by atoms with Gasteiger partial charge in [-0.25, -0.2) is 0 Å². The summed E-state index contributed by atoms with van der Waals surface area (Å²) in [7, 11) is 0. The molecule has 0 amide bonds. The van der Waals surface area contributed by atoms with Gasteiger partial charge in [0.25, 0.3) is 0 Å². The standard InChI is InChI=1S/C16H19F3N2/c17-16(18,19)15-7-10-21(11-8-15)12-14-5-2-1-4-13(14)6-3-9-20/h1-2,4-5,15H,7-12,20H2. The third-order valence-corrected chi connectivity index (χ3v) is 3.79. The van der Waals surface area contributed by atoms with Gasteiger partial charge in [-0.15, -0.1) is 0 Å². The molecule has 1 fully saturated rings. The molecule has 0 aliphatic carbocycles. The van der Waals surface area contributed by atoms with E-state index < -0.39 is 12.1 Å². The van der Waals surface area contributed by atoms with Gasteiger partial charge in [0.15, 0.2) is 0 Å². The van der Waals surface area contributed by atoms with Gasteiger partial charge in [0.1, 0.15) is 0 Å². The second-order valence-electron chi connectivity index (χ2n) is 5.26. The lowest BCUT2D eigenvalue weighted by atomic mass is 9.95. The quantitative estimate of drug-likeness (QED) is 0.850. The molecule has 1 aliphatic heterocycles. The minimum Gasteiger partial charge on any atom is -0.320 e. The number of hydrogen-bond acceptors (Lipinski definition) is 2. The predicted molar refractivity (Wildman–Crippen MR) is 76.4 cm³/mol. The molecule has 1 saturated heterocycles. The van der Waals surface area contributed by atoms with Gasteiger partial charge in [-0.05, 0) is 37.6 Å². The fourth-order valence-corrected chi connectivity index (χ4v) is 2.59. The Morgan fingerprint density at radius 3 is 2.48 bits per heavy atom. The molecule has 0 unspecified atom stereocenters. The van der Waals surface area contributed by atoms with Gasteiger partial charge in [-0.3, -0.25) is 4.90 Å². The molecule has 2 N–H and O–H groups in total. The summed E-state index contributed by atoms with van der Waals surface area (Å²) in [6.45, 7) is 1.89. The van der Waals surface area contributed by atoms with Gasteiger partial charge < -0.3 is 5.73 Å². The number of alkyl halides is 3. The molecule has 1 heterocycles. The van der Waals surface area contributed by atoms with E-state index in [9.17, 15) is 13.2 Å². The maximum Gasteiger partial charge on any atom is 0.391 e. The van der Waals surface area contributed by atoms with Crippen molar-refractivity contribution >= 4 is 0 Å². The summed E-state index contributed by atoms with van der Waals surface area (Å²) in [6, 6.07) is 7.71. The normalized spacial score (nSPS) is 17.3. The first-order valence-corrected chi connectivity index (χ1v) is 7.06. The third kappa shape index (κ3) is 4.48. The highest BCUT2D eigenvalue weighted by Gasteiger charge is 2.40. The Morgan fingerprint density at radius 2 is 1.86 bits per heavy atom. The molecule has 0 saturated carbocycles. The van der Waals surface area contributed by atoms with E-state index in [1.54, 1.807) is 0 Å². The van der Waals surface area contributed by atoms with E-state index in [1.165, 1.54) is 0 Å². The molecule has 0 spiro atoms. The summed E-state index contributed by atoms with van der Waals surface area (Å²) in [4.78, 5) is 2.06. The first kappa shape index (κ1) is 15.9. The molecule has 2 rings (SSSR count). The van der Waals surface area contributed by atoms with Crippen LogP contribution in [0.4, 0.5) is 13.2 Å². The molecule has 0 aromatic heterocycles. The summed E-state index contributed by atoms with van der Waals surface area (Å²) in [5.74, 6) is 4.68. The van der Waals surface area contributed by atoms with Gasteiger partial charge in [0.2, 0.25) is 0 Å². The average Bonchev–Trinajstić information content (AvgIpc) is 2.46. The van der Waals surface area contributed by atoms with Crippen LogP contribution in [0.15, 0.2) is 24.3 Å². The van der Waals surface area contributed by atoms with Crippen molar-refractivity contribution in [2.45, 2.75) is 25.6 Å². The number of hydrogen-bond donors (Lipinski definition) is 1. The topological polar surface area (TPSA) is 29.3 Å². The molecule has 5 heteroatoms. The van der Waals surface area contributed by atoms with Crippen molar-refractivity contribution in [3.05, 3.63) is 35.4 Å². The van der Waals surface area contributed by atoms with E-state index in [0.717, 1.165) is 11.1 Å². The zero-order chi connectivity index (χ0) is 15.3. The van der Waals surface area contributed by atoms with Crippen molar-refractivity contribution in [3.63, 3.8) is 0 Å². The number of nitrogens with two attached hydrogens (primary N) is 1. The molecule has 114 valence electrons. The van der Waals surface area contributed by atoms with Crippen LogP contribution in [0, 0.1) is 17.8 Å². The molecule has 1 aliphatic rings. The van der Waals surface area contributed by atoms with Crippen molar-refractivity contribution in [2.24, 2.45) is 11.7 Å². The van der Waals surface area contributed by atoms with Crippen LogP contribution in [0.1, 0.15) is 24.0 Å². The highest BCUT2D eigenvalue weighted by Crippen LogP contribution is 2.34. The maximum absolute atomic E-state index is 12.7. The minimum absolute atomic E-state index is 0.181. The van der Waals surface area contributed by atoms with Crippen molar-refractivity contribution in [1.82, 2.24) is 4.90 Å². The number of likely N-dealkylation sites (tertiary alicyclic amines) is 1. The average molecular weight is 296 g/mol. The molecule has 2 nitrogen and oxygen atoms in total. The van der Waals surface area contributed by atoms with Crippen molar-refractivity contribution in [3.8, 4) is 11.8 Å². The Morgan fingerprint density at radius 1 is 1.19 bits per heavy atom. The first-order valence-electron chi connectivity index (χ1n) is 7.06. The van der Waals surface area contributed by atoms with Crippen molar-refractivity contribution in [1.29, 1.82) is 0 Å². The van der Waals surface area contributed by atoms with E-state index >= 15 is 0 Å². The highest BCUT2D eigenvalue weighted by molar-refractivity contribution is 5.41. The Labute approximate surface area is 123 Å². The fourth-order valence-electron chi connectivity index (χ4n) is 2.59. The molecule has 0 bridgehead atoms. The first-order chi connectivity index (χ1) is 10.0. The van der Waals surface area contributed by atoms with Crippen LogP contribution in [0.5, 0.6) is 0 Å². The van der Waals surface area contributed by atoms with Crippen LogP contribution in [-0.4, -0.2) is 30.7 Å². The second kappa shape index (κ2) is 6.97. The van der Waals surface area contributed by atoms with E-state index in [0.29, 0.717) is 26.2 Å². The number of halogens is 3. The van der Waals surface area contributed by atoms with Gasteiger partial charge in [0, 0.05) is 12.1 Å². The lowest BCUT2D eigenvalue weighted by Gasteiger charge is -2.33. The van der Waals surface area contributed by atoms with Crippen molar-refractivity contribution < 1.29 is 13.2 Å². The Bertz CT molecular complexity index is 520. The molecule has 1 aromatic carbocycles. The minimum atomic E-state index is -4.06. The number of benzene rings is 1. The second-order valence-corrected chi connectivity index (χ2v) is 5.26. The predicted octanol–water partition coefficient (Wildman–Crippen LogP) is 2.77. The largest absolute Gasteiger partial charge is 0.391 e. The van der Waals surface area contributed by atoms with Gasteiger partial charge >= 0.3 is 6.18 Å². The van der Waals surface area contributed by atoms with Crippen LogP contribution < -0.4 is 5.73 Å². The zero-order valence-corrected chi connectivity index (χ0v) is 11.8. The smallest absolute Gasteiger partial charge is 0.320 e.